The average Bonchev–Trinajstić information content (AvgIpc) is 3.74. The Balaban J connectivity index is 0.00000187. The molecule has 4 nitrogen and oxygen atoms in total. The van der Waals surface area contributed by atoms with Crippen LogP contribution in [0.5, 0.6) is 0 Å². The molecular formula is C47H42Cl2N2NiO2. The van der Waals surface area contributed by atoms with Crippen LogP contribution in [-0.4, -0.2) is 11.8 Å². The van der Waals surface area contributed by atoms with Gasteiger partial charge in [0.25, 0.3) is 0 Å². The summed E-state index contributed by atoms with van der Waals surface area (Å²) >= 11 is 0. The molecule has 8 rings (SSSR count). The van der Waals surface area contributed by atoms with Crippen LogP contribution in [0.1, 0.15) is 74.1 Å². The fourth-order valence-electron chi connectivity index (χ4n) is 7.59. The molecule has 7 heteroatoms. The first-order valence-electron chi connectivity index (χ1n) is 17.7. The van der Waals surface area contributed by atoms with Gasteiger partial charge in [0.1, 0.15) is 12.1 Å². The van der Waals surface area contributed by atoms with Gasteiger partial charge in [-0.1, -0.05) is 180 Å². The summed E-state index contributed by atoms with van der Waals surface area (Å²) < 4.78 is 14.5. The van der Waals surface area contributed by atoms with Gasteiger partial charge in [-0.05, 0) is 38.8 Å². The standard InChI is InChI=1S/C47H42N2O2.2ClH.Ni/c1-32-15-23-38(24-16-32)46(39-25-17-33(2)18-26-39)44(36-11-7-5-8-12-36)48-42(50-46)31-43-49-45(37-13-9-6-10-14-37)47(51-43,40-27-19-34(3)20-28-40)41-29-21-35(4)22-30-41;;;/h5-30,44-45H,31H2,1-4H3;2*1H;/q;;;+2/p-2/t44-,45-;;;/m1.../s1. The van der Waals surface area contributed by atoms with Gasteiger partial charge in [-0.2, -0.15) is 0 Å². The molecule has 2 aliphatic rings. The quantitative estimate of drug-likeness (QED) is 0.207. The van der Waals surface area contributed by atoms with Gasteiger partial charge in [-0.15, -0.1) is 0 Å². The summed E-state index contributed by atoms with van der Waals surface area (Å²) in [5.74, 6) is 1.19. The molecule has 2 aliphatic heterocycles. The van der Waals surface area contributed by atoms with E-state index >= 15 is 0 Å². The molecule has 54 heavy (non-hydrogen) atoms. The first-order chi connectivity index (χ1) is 24.8. The Kier molecular flexibility index (Phi) is 12.6. The van der Waals surface area contributed by atoms with E-state index < -0.39 is 11.2 Å². The molecule has 276 valence electrons. The molecule has 0 radical (unpaired) electrons. The predicted molar refractivity (Wildman–Crippen MR) is 206 cm³/mol. The Morgan fingerprint density at radius 2 is 0.667 bits per heavy atom. The van der Waals surface area contributed by atoms with Gasteiger partial charge in [0.15, 0.2) is 23.0 Å². The van der Waals surface area contributed by atoms with Crippen molar-refractivity contribution < 1.29 is 50.8 Å². The topological polar surface area (TPSA) is 43.2 Å². The number of halogens is 2. The number of nitrogens with zero attached hydrogens (tertiary/aromatic N) is 2. The smallest absolute Gasteiger partial charge is 1.00 e. The van der Waals surface area contributed by atoms with Crippen molar-refractivity contribution in [3.63, 3.8) is 0 Å². The van der Waals surface area contributed by atoms with E-state index in [0.717, 1.165) is 33.4 Å². The Hall–Kier alpha value is -4.67. The van der Waals surface area contributed by atoms with E-state index in [1.165, 1.54) is 22.3 Å². The van der Waals surface area contributed by atoms with Crippen LogP contribution in [0.2, 0.25) is 0 Å². The molecule has 2 atom stereocenters. The number of benzene rings is 6. The van der Waals surface area contributed by atoms with Gasteiger partial charge >= 0.3 is 16.5 Å². The molecule has 0 fully saturated rings. The largest absolute Gasteiger partial charge is 2.00 e. The average molecular weight is 796 g/mol. The van der Waals surface area contributed by atoms with Gasteiger partial charge in [0.05, 0.1) is 6.42 Å². The van der Waals surface area contributed by atoms with Gasteiger partial charge in [-0.3, -0.25) is 0 Å². The van der Waals surface area contributed by atoms with E-state index in [2.05, 4.69) is 173 Å². The summed E-state index contributed by atoms with van der Waals surface area (Å²) in [5, 5.41) is 0. The van der Waals surface area contributed by atoms with Gasteiger partial charge in [-0.25, -0.2) is 9.98 Å². The Morgan fingerprint density at radius 3 is 0.926 bits per heavy atom. The van der Waals surface area contributed by atoms with Gasteiger partial charge in [0.2, 0.25) is 0 Å². The van der Waals surface area contributed by atoms with Crippen LogP contribution in [-0.2, 0) is 37.2 Å². The van der Waals surface area contributed by atoms with E-state index in [1.807, 2.05) is 12.1 Å². The molecule has 0 unspecified atom stereocenters. The first kappa shape index (κ1) is 40.5. The van der Waals surface area contributed by atoms with Crippen molar-refractivity contribution in [2.75, 3.05) is 0 Å². The van der Waals surface area contributed by atoms with Crippen molar-refractivity contribution in [1.29, 1.82) is 0 Å². The fourth-order valence-corrected chi connectivity index (χ4v) is 7.59. The van der Waals surface area contributed by atoms with Gasteiger partial charge < -0.3 is 34.3 Å². The Bertz CT molecular complexity index is 1950. The van der Waals surface area contributed by atoms with Crippen LogP contribution < -0.4 is 24.8 Å². The molecule has 0 bridgehead atoms. The fraction of sp³-hybridized carbons (Fsp3) is 0.191. The summed E-state index contributed by atoms with van der Waals surface area (Å²) in [4.78, 5) is 10.8. The number of hydrogen-bond donors (Lipinski definition) is 0. The third-order valence-corrected chi connectivity index (χ3v) is 10.3. The molecule has 2 heterocycles. The van der Waals surface area contributed by atoms with Crippen LogP contribution in [0.15, 0.2) is 168 Å². The van der Waals surface area contributed by atoms with Crippen molar-refractivity contribution in [3.8, 4) is 0 Å². The number of aryl methyl sites for hydroxylation is 4. The van der Waals surface area contributed by atoms with Crippen molar-refractivity contribution in [3.05, 3.63) is 213 Å². The Labute approximate surface area is 341 Å². The number of hydrogen-bond acceptors (Lipinski definition) is 4. The summed E-state index contributed by atoms with van der Waals surface area (Å²) in [6.45, 7) is 8.45. The molecule has 0 amide bonds. The van der Waals surface area contributed by atoms with Crippen LogP contribution in [0.3, 0.4) is 0 Å². The minimum absolute atomic E-state index is 0. The van der Waals surface area contributed by atoms with E-state index in [1.54, 1.807) is 0 Å². The minimum atomic E-state index is -0.888. The normalized spacial score (nSPS) is 17.7. The number of ether oxygens (including phenoxy) is 2. The first-order valence-corrected chi connectivity index (χ1v) is 17.7. The van der Waals surface area contributed by atoms with Crippen LogP contribution in [0.4, 0.5) is 0 Å². The molecule has 0 aliphatic carbocycles. The van der Waals surface area contributed by atoms with Crippen molar-refractivity contribution >= 4 is 11.8 Å². The molecule has 0 saturated carbocycles. The monoisotopic (exact) mass is 794 g/mol. The van der Waals surface area contributed by atoms with Gasteiger partial charge in [0, 0.05) is 22.3 Å². The van der Waals surface area contributed by atoms with E-state index in [9.17, 15) is 0 Å². The summed E-state index contributed by atoms with van der Waals surface area (Å²) in [6.07, 6.45) is 0.311. The van der Waals surface area contributed by atoms with E-state index in [-0.39, 0.29) is 53.4 Å². The predicted octanol–water partition coefficient (Wildman–Crippen LogP) is 4.84. The minimum Gasteiger partial charge on any atom is -1.00 e. The number of aliphatic imine (C=N–C) groups is 2. The molecule has 0 N–H and O–H groups in total. The maximum absolute atomic E-state index is 7.27. The third kappa shape index (κ3) is 7.38. The second kappa shape index (κ2) is 16.8. The molecule has 6 aromatic rings. The third-order valence-electron chi connectivity index (χ3n) is 10.3. The maximum atomic E-state index is 7.27. The zero-order chi connectivity index (χ0) is 35.0. The van der Waals surface area contributed by atoms with Crippen molar-refractivity contribution in [2.24, 2.45) is 9.98 Å². The van der Waals surface area contributed by atoms with E-state index in [0.29, 0.717) is 18.2 Å². The van der Waals surface area contributed by atoms with Crippen molar-refractivity contribution in [1.82, 2.24) is 0 Å². The Morgan fingerprint density at radius 1 is 0.407 bits per heavy atom. The summed E-state index contributed by atoms with van der Waals surface area (Å²) in [5.41, 5.74) is 9.36. The van der Waals surface area contributed by atoms with Crippen LogP contribution in [0.25, 0.3) is 0 Å². The SMILES string of the molecule is Cc1ccc(C2(c3ccc(C)cc3)OC(CC3=N[C@H](c4ccccc4)C(c4ccc(C)cc4)(c4ccc(C)cc4)O3)=N[C@@H]2c2ccccc2)cc1.[Cl-].[Cl-].[Ni+2]. The summed E-state index contributed by atoms with van der Waals surface area (Å²) in [6, 6.07) is 55.0. The number of rotatable bonds is 8. The molecule has 0 saturated heterocycles. The summed E-state index contributed by atoms with van der Waals surface area (Å²) in [7, 11) is 0. The molecular weight excluding hydrogens is 754 g/mol. The second-order valence-electron chi connectivity index (χ2n) is 14.0. The van der Waals surface area contributed by atoms with Crippen LogP contribution in [0, 0.1) is 27.7 Å². The van der Waals surface area contributed by atoms with Crippen LogP contribution >= 0.6 is 0 Å². The molecule has 6 aromatic carbocycles. The van der Waals surface area contributed by atoms with Crippen molar-refractivity contribution in [2.45, 2.75) is 57.4 Å². The zero-order valence-corrected chi connectivity index (χ0v) is 33.2. The molecule has 0 aromatic heterocycles. The molecule has 0 spiro atoms. The maximum Gasteiger partial charge on any atom is 2.00 e. The van der Waals surface area contributed by atoms with E-state index in [4.69, 9.17) is 19.5 Å². The zero-order valence-electron chi connectivity index (χ0n) is 30.7. The second-order valence-corrected chi connectivity index (χ2v) is 14.0.